The maximum absolute atomic E-state index is 6.60. The highest BCUT2D eigenvalue weighted by molar-refractivity contribution is 6.18. The van der Waals surface area contributed by atoms with Gasteiger partial charge in [0.2, 0.25) is 0 Å². The molecule has 6 heteroatoms. The fourth-order valence-corrected chi connectivity index (χ4v) is 7.17. The molecule has 2 aliphatic heterocycles. The first-order valence-corrected chi connectivity index (χ1v) is 16.1. The number of fused-ring (bicyclic) bond motifs is 7. The summed E-state index contributed by atoms with van der Waals surface area (Å²) in [6.07, 6.45) is 1.56. The largest absolute Gasteiger partial charge is 0.458 e. The summed E-state index contributed by atoms with van der Waals surface area (Å²) in [4.78, 5) is 10.4. The molecule has 0 bridgehead atoms. The standard InChI is InChI=1S/C42H28N4O2/c1-2-12-26(13-3-1)38-39-37(30-16-7-9-19-34(30)48-39)32(24-43-38)42-45-40(28-22-21-25-11-4-5-14-27(25)23-28)44-41(46-42)31-17-10-20-35-36(31)29-15-6-8-18-33(29)47-35/h1-24,38,41,46H,(H,44,45). The summed E-state index contributed by atoms with van der Waals surface area (Å²) >= 11 is 0. The van der Waals surface area contributed by atoms with Crippen LogP contribution >= 0.6 is 0 Å². The Balaban J connectivity index is 1.20. The molecule has 2 unspecified atom stereocenters. The summed E-state index contributed by atoms with van der Waals surface area (Å²) in [7, 11) is 0. The smallest absolute Gasteiger partial charge is 0.148 e. The first-order chi connectivity index (χ1) is 23.8. The van der Waals surface area contributed by atoms with E-state index < -0.39 is 6.17 Å². The summed E-state index contributed by atoms with van der Waals surface area (Å²) < 4.78 is 12.9. The van der Waals surface area contributed by atoms with E-state index in [0.717, 1.165) is 83.5 Å². The van der Waals surface area contributed by atoms with E-state index in [2.05, 4.69) is 89.5 Å². The van der Waals surface area contributed by atoms with Crippen molar-refractivity contribution in [2.75, 3.05) is 0 Å². The number of amidine groups is 1. The van der Waals surface area contributed by atoms with Crippen molar-refractivity contribution in [1.82, 2.24) is 10.6 Å². The zero-order valence-corrected chi connectivity index (χ0v) is 25.7. The van der Waals surface area contributed by atoms with Crippen LogP contribution in [-0.2, 0) is 0 Å². The van der Waals surface area contributed by atoms with Gasteiger partial charge in [0.15, 0.2) is 0 Å². The van der Waals surface area contributed by atoms with Crippen LogP contribution in [0.5, 0.6) is 0 Å². The molecule has 0 saturated heterocycles. The predicted molar refractivity (Wildman–Crippen MR) is 193 cm³/mol. The van der Waals surface area contributed by atoms with Crippen LogP contribution in [0.4, 0.5) is 0 Å². The molecule has 2 N–H and O–H groups in total. The lowest BCUT2D eigenvalue weighted by Gasteiger charge is -2.30. The van der Waals surface area contributed by atoms with Gasteiger partial charge < -0.3 is 19.5 Å². The number of hydrogen-bond acceptors (Lipinski definition) is 6. The highest BCUT2D eigenvalue weighted by atomic mass is 16.3. The first-order valence-electron chi connectivity index (χ1n) is 16.1. The van der Waals surface area contributed by atoms with Crippen molar-refractivity contribution in [3.63, 3.8) is 0 Å². The minimum absolute atomic E-state index is 0.253. The molecule has 4 heterocycles. The van der Waals surface area contributed by atoms with Crippen LogP contribution in [0.2, 0.25) is 0 Å². The maximum Gasteiger partial charge on any atom is 0.148 e. The molecule has 2 aromatic heterocycles. The van der Waals surface area contributed by atoms with E-state index in [-0.39, 0.29) is 6.04 Å². The van der Waals surface area contributed by atoms with Crippen LogP contribution < -0.4 is 10.6 Å². The molecule has 0 radical (unpaired) electrons. The van der Waals surface area contributed by atoms with Gasteiger partial charge in [-0.05, 0) is 40.6 Å². The minimum Gasteiger partial charge on any atom is -0.458 e. The number of nitrogens with zero attached hydrogens (tertiary/aromatic N) is 2. The molecule has 228 valence electrons. The van der Waals surface area contributed by atoms with E-state index in [4.69, 9.17) is 18.8 Å². The molecule has 0 aliphatic carbocycles. The van der Waals surface area contributed by atoms with E-state index >= 15 is 0 Å². The number of rotatable bonds is 3. The number of aliphatic imine (C=N–C) groups is 2. The summed E-state index contributed by atoms with van der Waals surface area (Å²) in [6, 6.07) is 47.5. The summed E-state index contributed by atoms with van der Waals surface area (Å²) in [5.41, 5.74) is 7.57. The third kappa shape index (κ3) is 4.19. The van der Waals surface area contributed by atoms with Crippen molar-refractivity contribution in [3.05, 3.63) is 173 Å². The molecule has 48 heavy (non-hydrogen) atoms. The maximum atomic E-state index is 6.60. The molecule has 0 fully saturated rings. The first kappa shape index (κ1) is 26.8. The Morgan fingerprint density at radius 3 is 2.21 bits per heavy atom. The molecule has 2 aliphatic rings. The second kappa shape index (κ2) is 10.6. The zero-order chi connectivity index (χ0) is 31.6. The third-order valence-corrected chi connectivity index (χ3v) is 9.41. The number of allylic oxidation sites excluding steroid dienone is 1. The van der Waals surface area contributed by atoms with Gasteiger partial charge in [-0.25, -0.2) is 4.99 Å². The zero-order valence-electron chi connectivity index (χ0n) is 25.7. The number of para-hydroxylation sites is 2. The van der Waals surface area contributed by atoms with E-state index in [1.54, 1.807) is 0 Å². The van der Waals surface area contributed by atoms with Crippen molar-refractivity contribution in [3.8, 4) is 0 Å². The summed E-state index contributed by atoms with van der Waals surface area (Å²) in [5.74, 6) is 2.40. The summed E-state index contributed by atoms with van der Waals surface area (Å²) in [6.45, 7) is 0. The lowest BCUT2D eigenvalue weighted by Crippen LogP contribution is -2.41. The Kier molecular flexibility index (Phi) is 5.90. The van der Waals surface area contributed by atoms with Gasteiger partial charge in [0.1, 0.15) is 46.4 Å². The average Bonchev–Trinajstić information content (AvgIpc) is 3.74. The van der Waals surface area contributed by atoms with Crippen LogP contribution in [0.15, 0.2) is 164 Å². The molecule has 8 aromatic rings. The Labute approximate surface area is 275 Å². The number of nitrogens with one attached hydrogen (secondary N) is 2. The van der Waals surface area contributed by atoms with Crippen molar-refractivity contribution in [1.29, 1.82) is 0 Å². The van der Waals surface area contributed by atoms with Gasteiger partial charge >= 0.3 is 0 Å². The number of benzene rings is 6. The van der Waals surface area contributed by atoms with Crippen molar-refractivity contribution in [2.24, 2.45) is 9.98 Å². The van der Waals surface area contributed by atoms with E-state index in [0.29, 0.717) is 0 Å². The SMILES string of the molecule is C1=NC(c2ccccc2)c2oc3ccccc3c2C1=C1NC(c2ccc3ccccc3c2)=NC(c2cccc3oc4ccccc4c23)N1. The monoisotopic (exact) mass is 620 g/mol. The van der Waals surface area contributed by atoms with Gasteiger partial charge in [0, 0.05) is 44.6 Å². The van der Waals surface area contributed by atoms with Gasteiger partial charge in [0.25, 0.3) is 0 Å². The third-order valence-electron chi connectivity index (χ3n) is 9.41. The second-order valence-corrected chi connectivity index (χ2v) is 12.2. The molecule has 0 saturated carbocycles. The van der Waals surface area contributed by atoms with Gasteiger partial charge in [-0.3, -0.25) is 4.99 Å². The molecule has 6 aromatic carbocycles. The second-order valence-electron chi connectivity index (χ2n) is 12.2. The fourth-order valence-electron chi connectivity index (χ4n) is 7.17. The Morgan fingerprint density at radius 1 is 0.604 bits per heavy atom. The molecule has 6 nitrogen and oxygen atoms in total. The van der Waals surface area contributed by atoms with Crippen LogP contribution in [-0.4, -0.2) is 12.1 Å². The molecule has 0 spiro atoms. The minimum atomic E-state index is -0.415. The molecule has 2 atom stereocenters. The van der Waals surface area contributed by atoms with Gasteiger partial charge in [-0.1, -0.05) is 115 Å². The molecular weight excluding hydrogens is 592 g/mol. The number of hydrogen-bond donors (Lipinski definition) is 2. The highest BCUT2D eigenvalue weighted by Crippen LogP contribution is 2.43. The van der Waals surface area contributed by atoms with Gasteiger partial charge in [0.05, 0.1) is 0 Å². The number of furan rings is 2. The van der Waals surface area contributed by atoms with E-state index in [1.165, 1.54) is 5.39 Å². The van der Waals surface area contributed by atoms with Gasteiger partial charge in [-0.2, -0.15) is 0 Å². The normalized spacial score (nSPS) is 19.0. The Morgan fingerprint density at radius 2 is 1.33 bits per heavy atom. The summed E-state index contributed by atoms with van der Waals surface area (Å²) in [5, 5.41) is 13.0. The van der Waals surface area contributed by atoms with Gasteiger partial charge in [-0.15, -0.1) is 0 Å². The van der Waals surface area contributed by atoms with Crippen molar-refractivity contribution >= 4 is 61.3 Å². The van der Waals surface area contributed by atoms with Crippen molar-refractivity contribution < 1.29 is 8.83 Å². The van der Waals surface area contributed by atoms with E-state index in [9.17, 15) is 0 Å². The van der Waals surface area contributed by atoms with Crippen LogP contribution in [0.25, 0.3) is 49.3 Å². The molecular formula is C42H28N4O2. The molecule has 0 amide bonds. The Hall–Kier alpha value is -6.40. The van der Waals surface area contributed by atoms with Crippen LogP contribution in [0.1, 0.15) is 40.2 Å². The lowest BCUT2D eigenvalue weighted by molar-refractivity contribution is 0.522. The fraction of sp³-hybridized carbons (Fsp3) is 0.0476. The molecule has 10 rings (SSSR count). The lowest BCUT2D eigenvalue weighted by atomic mass is 9.93. The van der Waals surface area contributed by atoms with E-state index in [1.807, 2.05) is 66.9 Å². The Bertz CT molecular complexity index is 2640. The van der Waals surface area contributed by atoms with Crippen LogP contribution in [0, 0.1) is 0 Å². The average molecular weight is 621 g/mol. The topological polar surface area (TPSA) is 75.1 Å². The van der Waals surface area contributed by atoms with Crippen molar-refractivity contribution in [2.45, 2.75) is 12.2 Å². The highest BCUT2D eigenvalue weighted by Gasteiger charge is 2.33. The predicted octanol–water partition coefficient (Wildman–Crippen LogP) is 9.67. The quantitative estimate of drug-likeness (QED) is 0.206. The van der Waals surface area contributed by atoms with Crippen LogP contribution in [0.3, 0.4) is 0 Å².